The molecule has 1 aliphatic rings. The maximum Gasteiger partial charge on any atom is 0.316 e. The topological polar surface area (TPSA) is 126 Å². The molecule has 24 heavy (non-hydrogen) atoms. The van der Waals surface area contributed by atoms with Gasteiger partial charge in [-0.25, -0.2) is 0 Å². The SMILES string of the molecule is COC(=O)C1c2c(oc3cc(CO)cc(O)c3c2=O)OC=C[C@@H]1O. The monoisotopic (exact) mass is 334 g/mol. The smallest absolute Gasteiger partial charge is 0.316 e. The van der Waals surface area contributed by atoms with Gasteiger partial charge in [-0.3, -0.25) is 9.59 Å². The second-order valence-electron chi connectivity index (χ2n) is 5.22. The number of hydrogen-bond donors (Lipinski definition) is 3. The van der Waals surface area contributed by atoms with E-state index in [0.29, 0.717) is 5.56 Å². The van der Waals surface area contributed by atoms with Gasteiger partial charge in [0.05, 0.1) is 31.6 Å². The minimum atomic E-state index is -1.36. The number of aromatic hydroxyl groups is 1. The highest BCUT2D eigenvalue weighted by molar-refractivity contribution is 5.87. The normalized spacial score (nSPS) is 19.5. The lowest BCUT2D eigenvalue weighted by molar-refractivity contribution is -0.144. The van der Waals surface area contributed by atoms with Crippen molar-refractivity contribution in [1.82, 2.24) is 0 Å². The van der Waals surface area contributed by atoms with Gasteiger partial charge in [-0.15, -0.1) is 0 Å². The molecular formula is C16H14O8. The standard InChI is InChI=1S/C16H14O8/c1-22-15(21)12-8(18)2-3-23-16-13(12)14(20)11-9(19)4-7(6-17)5-10(11)24-16/h2-5,8,12,17-19H,6H2,1H3/t8-,12?/m0/s1. The van der Waals surface area contributed by atoms with Crippen LogP contribution in [0.2, 0.25) is 0 Å². The van der Waals surface area contributed by atoms with Crippen LogP contribution in [-0.2, 0) is 16.1 Å². The van der Waals surface area contributed by atoms with Crippen molar-refractivity contribution in [2.45, 2.75) is 18.6 Å². The fourth-order valence-electron chi connectivity index (χ4n) is 2.64. The number of carbonyl (C=O) groups is 1. The maximum absolute atomic E-state index is 12.8. The quantitative estimate of drug-likeness (QED) is 0.678. The van der Waals surface area contributed by atoms with Gasteiger partial charge < -0.3 is 29.2 Å². The summed E-state index contributed by atoms with van der Waals surface area (Å²) in [7, 11) is 1.12. The summed E-state index contributed by atoms with van der Waals surface area (Å²) in [6, 6.07) is 2.59. The minimum Gasteiger partial charge on any atom is -0.507 e. The summed E-state index contributed by atoms with van der Waals surface area (Å²) in [6.07, 6.45) is 0.912. The van der Waals surface area contributed by atoms with Crippen LogP contribution in [0.15, 0.2) is 33.7 Å². The van der Waals surface area contributed by atoms with Gasteiger partial charge in [0.15, 0.2) is 0 Å². The summed E-state index contributed by atoms with van der Waals surface area (Å²) >= 11 is 0. The van der Waals surface area contributed by atoms with Gasteiger partial charge in [0.1, 0.15) is 22.6 Å². The van der Waals surface area contributed by atoms with E-state index in [4.69, 9.17) is 9.15 Å². The highest BCUT2D eigenvalue weighted by atomic mass is 16.6. The third-order valence-corrected chi connectivity index (χ3v) is 3.78. The summed E-state index contributed by atoms with van der Waals surface area (Å²) < 4.78 is 15.3. The molecule has 0 aliphatic carbocycles. The van der Waals surface area contributed by atoms with E-state index in [1.165, 1.54) is 18.2 Å². The molecule has 1 aliphatic heterocycles. The molecule has 0 saturated carbocycles. The summed E-state index contributed by atoms with van der Waals surface area (Å²) in [5, 5.41) is 29.2. The number of phenols is 1. The second kappa shape index (κ2) is 5.99. The Labute approximate surface area is 135 Å². The summed E-state index contributed by atoms with van der Waals surface area (Å²) in [4.78, 5) is 24.8. The highest BCUT2D eigenvalue weighted by Crippen LogP contribution is 2.35. The van der Waals surface area contributed by atoms with Gasteiger partial charge >= 0.3 is 5.97 Å². The first-order valence-electron chi connectivity index (χ1n) is 7.00. The Morgan fingerprint density at radius 3 is 2.79 bits per heavy atom. The zero-order valence-electron chi connectivity index (χ0n) is 12.6. The molecule has 8 heteroatoms. The van der Waals surface area contributed by atoms with Gasteiger partial charge in [-0.2, -0.15) is 0 Å². The molecule has 1 aromatic heterocycles. The Morgan fingerprint density at radius 1 is 1.38 bits per heavy atom. The Kier molecular flexibility index (Phi) is 4.00. The number of phenolic OH excluding ortho intramolecular Hbond substituents is 1. The fourth-order valence-corrected chi connectivity index (χ4v) is 2.64. The Morgan fingerprint density at radius 2 is 2.12 bits per heavy atom. The first-order chi connectivity index (χ1) is 11.5. The van der Waals surface area contributed by atoms with Gasteiger partial charge in [0.2, 0.25) is 5.43 Å². The number of esters is 1. The lowest BCUT2D eigenvalue weighted by Crippen LogP contribution is -2.30. The average Bonchev–Trinajstić information content (AvgIpc) is 2.72. The van der Waals surface area contributed by atoms with Crippen LogP contribution in [0.4, 0.5) is 0 Å². The van der Waals surface area contributed by atoms with Crippen molar-refractivity contribution in [2.24, 2.45) is 0 Å². The van der Waals surface area contributed by atoms with Crippen molar-refractivity contribution < 1.29 is 34.0 Å². The zero-order valence-corrected chi connectivity index (χ0v) is 12.6. The first kappa shape index (κ1) is 16.0. The predicted molar refractivity (Wildman–Crippen MR) is 80.6 cm³/mol. The maximum atomic E-state index is 12.8. The van der Waals surface area contributed by atoms with E-state index in [-0.39, 0.29) is 29.1 Å². The molecule has 0 saturated heterocycles. The van der Waals surface area contributed by atoms with Crippen LogP contribution in [0.5, 0.6) is 11.7 Å². The molecule has 3 rings (SSSR count). The zero-order chi connectivity index (χ0) is 17.4. The van der Waals surface area contributed by atoms with Gasteiger partial charge in [-0.1, -0.05) is 0 Å². The van der Waals surface area contributed by atoms with E-state index in [0.717, 1.165) is 13.4 Å². The van der Waals surface area contributed by atoms with Crippen molar-refractivity contribution >= 4 is 16.9 Å². The third kappa shape index (κ3) is 2.41. The Bertz CT molecular complexity index is 895. The van der Waals surface area contributed by atoms with E-state index >= 15 is 0 Å². The molecule has 2 aromatic rings. The van der Waals surface area contributed by atoms with E-state index < -0.39 is 29.2 Å². The van der Waals surface area contributed by atoms with Crippen LogP contribution in [0.3, 0.4) is 0 Å². The lowest BCUT2D eigenvalue weighted by Gasteiger charge is -2.17. The molecule has 1 unspecified atom stereocenters. The number of aliphatic hydroxyl groups excluding tert-OH is 2. The number of rotatable bonds is 2. The number of carbonyl (C=O) groups excluding carboxylic acids is 1. The van der Waals surface area contributed by atoms with Crippen LogP contribution in [0.25, 0.3) is 11.0 Å². The molecule has 3 N–H and O–H groups in total. The van der Waals surface area contributed by atoms with Crippen molar-refractivity contribution in [3.8, 4) is 11.7 Å². The van der Waals surface area contributed by atoms with Gasteiger partial charge in [-0.05, 0) is 23.8 Å². The van der Waals surface area contributed by atoms with Gasteiger partial charge in [0, 0.05) is 0 Å². The van der Waals surface area contributed by atoms with Gasteiger partial charge in [0.25, 0.3) is 5.95 Å². The molecule has 1 aromatic carbocycles. The van der Waals surface area contributed by atoms with Crippen LogP contribution in [0.1, 0.15) is 17.0 Å². The number of methoxy groups -OCH3 is 1. The van der Waals surface area contributed by atoms with E-state index in [1.807, 2.05) is 0 Å². The molecule has 2 atom stereocenters. The van der Waals surface area contributed by atoms with Crippen molar-refractivity contribution in [1.29, 1.82) is 0 Å². The average molecular weight is 334 g/mol. The van der Waals surface area contributed by atoms with Crippen LogP contribution < -0.4 is 10.2 Å². The fraction of sp³-hybridized carbons (Fsp3) is 0.250. The van der Waals surface area contributed by atoms with Crippen LogP contribution >= 0.6 is 0 Å². The first-order valence-corrected chi connectivity index (χ1v) is 7.00. The second-order valence-corrected chi connectivity index (χ2v) is 5.22. The van der Waals surface area contributed by atoms with E-state index in [1.54, 1.807) is 0 Å². The van der Waals surface area contributed by atoms with Crippen LogP contribution in [-0.4, -0.2) is 34.5 Å². The molecule has 0 amide bonds. The van der Waals surface area contributed by atoms with E-state index in [2.05, 4.69) is 4.74 Å². The summed E-state index contributed by atoms with van der Waals surface area (Å²) in [6.45, 7) is -0.367. The molecule has 0 fully saturated rings. The predicted octanol–water partition coefficient (Wildman–Crippen LogP) is 0.514. The summed E-state index contributed by atoms with van der Waals surface area (Å²) in [5.41, 5.74) is -0.668. The molecular weight excluding hydrogens is 320 g/mol. The number of aliphatic hydroxyl groups is 2. The van der Waals surface area contributed by atoms with Crippen molar-refractivity contribution in [3.63, 3.8) is 0 Å². The molecule has 126 valence electrons. The molecule has 0 spiro atoms. The lowest BCUT2D eigenvalue weighted by atomic mass is 9.93. The molecule has 2 heterocycles. The number of benzene rings is 1. The highest BCUT2D eigenvalue weighted by Gasteiger charge is 2.37. The van der Waals surface area contributed by atoms with Crippen molar-refractivity contribution in [3.05, 3.63) is 45.8 Å². The third-order valence-electron chi connectivity index (χ3n) is 3.78. The van der Waals surface area contributed by atoms with E-state index in [9.17, 15) is 24.9 Å². The summed E-state index contributed by atoms with van der Waals surface area (Å²) in [5.74, 6) is -2.91. The van der Waals surface area contributed by atoms with Crippen molar-refractivity contribution in [2.75, 3.05) is 7.11 Å². The minimum absolute atomic E-state index is 0.0174. The largest absolute Gasteiger partial charge is 0.507 e. The molecule has 0 bridgehead atoms. The molecule has 0 radical (unpaired) electrons. The number of ether oxygens (including phenoxy) is 2. The Hall–Kier alpha value is -2.84. The Balaban J connectivity index is 2.37. The molecule has 8 nitrogen and oxygen atoms in total. The number of fused-ring (bicyclic) bond motifs is 2. The number of hydrogen-bond acceptors (Lipinski definition) is 8. The van der Waals surface area contributed by atoms with Crippen LogP contribution in [0, 0.1) is 0 Å².